The van der Waals surface area contributed by atoms with Crippen LogP contribution in [0.1, 0.15) is 39.2 Å². The number of para-hydroxylation sites is 1. The van der Waals surface area contributed by atoms with E-state index >= 15 is 0 Å². The molecule has 0 bridgehead atoms. The molecule has 2 nitrogen and oxygen atoms in total. The Kier molecular flexibility index (Phi) is 5.80. The Morgan fingerprint density at radius 2 is 1.60 bits per heavy atom. The van der Waals surface area contributed by atoms with Gasteiger partial charge in [0.25, 0.3) is 0 Å². The fraction of sp³-hybridized carbons (Fsp3) is 0.478. The molecule has 1 heterocycles. The number of nitrogens with zero attached hydrogens (tertiary/aromatic N) is 1. The topological polar surface area (TPSA) is 12.5 Å². The lowest BCUT2D eigenvalue weighted by molar-refractivity contribution is 0.0364. The summed E-state index contributed by atoms with van der Waals surface area (Å²) < 4.78 is 6.28. The Morgan fingerprint density at radius 3 is 2.24 bits per heavy atom. The Hall–Kier alpha value is -1.80. The van der Waals surface area contributed by atoms with Crippen molar-refractivity contribution in [3.05, 3.63) is 66.2 Å². The van der Waals surface area contributed by atoms with Crippen LogP contribution in [0.2, 0.25) is 0 Å². The van der Waals surface area contributed by atoms with Crippen LogP contribution in [-0.4, -0.2) is 30.1 Å². The van der Waals surface area contributed by atoms with Crippen molar-refractivity contribution in [2.45, 2.75) is 52.2 Å². The predicted molar refractivity (Wildman–Crippen MR) is 105 cm³/mol. The van der Waals surface area contributed by atoms with E-state index < -0.39 is 0 Å². The van der Waals surface area contributed by atoms with Crippen LogP contribution >= 0.6 is 0 Å². The highest BCUT2D eigenvalue weighted by Gasteiger charge is 2.31. The fourth-order valence-corrected chi connectivity index (χ4v) is 3.78. The first-order valence-electron chi connectivity index (χ1n) is 9.49. The van der Waals surface area contributed by atoms with Crippen LogP contribution in [0.4, 0.5) is 0 Å². The molecule has 1 fully saturated rings. The average molecular weight is 338 g/mol. The second kappa shape index (κ2) is 8.05. The summed E-state index contributed by atoms with van der Waals surface area (Å²) in [4.78, 5) is 2.68. The maximum atomic E-state index is 6.28. The molecule has 134 valence electrons. The molecule has 1 aliphatic heterocycles. The number of hydrogen-bond acceptors (Lipinski definition) is 2. The van der Waals surface area contributed by atoms with Crippen LogP contribution in [-0.2, 0) is 6.42 Å². The first-order valence-corrected chi connectivity index (χ1v) is 9.49. The lowest BCUT2D eigenvalue weighted by Crippen LogP contribution is -2.49. The van der Waals surface area contributed by atoms with E-state index in [1.165, 1.54) is 5.56 Å². The second-order valence-electron chi connectivity index (χ2n) is 8.45. The van der Waals surface area contributed by atoms with Gasteiger partial charge in [-0.05, 0) is 36.0 Å². The van der Waals surface area contributed by atoms with Crippen molar-refractivity contribution >= 4 is 0 Å². The summed E-state index contributed by atoms with van der Waals surface area (Å²) in [6.45, 7) is 9.26. The summed E-state index contributed by atoms with van der Waals surface area (Å²) in [5, 5.41) is 0. The summed E-state index contributed by atoms with van der Waals surface area (Å²) in [6.07, 6.45) is 3.62. The molecule has 25 heavy (non-hydrogen) atoms. The molecule has 2 unspecified atom stereocenters. The summed E-state index contributed by atoms with van der Waals surface area (Å²) in [7, 11) is 0. The molecule has 0 N–H and O–H groups in total. The Balaban J connectivity index is 1.69. The molecular weight excluding hydrogens is 306 g/mol. The smallest absolute Gasteiger partial charge is 0.119 e. The van der Waals surface area contributed by atoms with E-state index in [0.29, 0.717) is 17.6 Å². The lowest BCUT2D eigenvalue weighted by Gasteiger charge is -2.42. The summed E-state index contributed by atoms with van der Waals surface area (Å²) in [5.41, 5.74) is 1.74. The van der Waals surface area contributed by atoms with E-state index in [1.807, 2.05) is 18.2 Å². The third kappa shape index (κ3) is 5.61. The maximum Gasteiger partial charge on any atom is 0.119 e. The van der Waals surface area contributed by atoms with Crippen LogP contribution in [0.3, 0.4) is 0 Å². The van der Waals surface area contributed by atoms with Crippen molar-refractivity contribution in [2.75, 3.05) is 13.1 Å². The van der Waals surface area contributed by atoms with Crippen LogP contribution in [0, 0.1) is 5.41 Å². The highest BCUT2D eigenvalue weighted by atomic mass is 16.5. The summed E-state index contributed by atoms with van der Waals surface area (Å²) in [5.74, 6) is 0.996. The van der Waals surface area contributed by atoms with Crippen LogP contribution < -0.4 is 4.74 Å². The van der Waals surface area contributed by atoms with Gasteiger partial charge in [-0.25, -0.2) is 0 Å². The van der Waals surface area contributed by atoms with E-state index in [9.17, 15) is 0 Å². The Labute approximate surface area is 152 Å². The van der Waals surface area contributed by atoms with E-state index in [4.69, 9.17) is 4.74 Å². The maximum absolute atomic E-state index is 6.28. The molecule has 1 saturated heterocycles. The molecule has 0 aromatic heterocycles. The monoisotopic (exact) mass is 337 g/mol. The average Bonchev–Trinajstić information content (AvgIpc) is 2.58. The van der Waals surface area contributed by atoms with Gasteiger partial charge in [0.1, 0.15) is 11.9 Å². The highest BCUT2D eigenvalue weighted by Crippen LogP contribution is 2.28. The van der Waals surface area contributed by atoms with Crippen molar-refractivity contribution < 1.29 is 4.74 Å². The van der Waals surface area contributed by atoms with Crippen molar-refractivity contribution in [1.82, 2.24) is 4.90 Å². The van der Waals surface area contributed by atoms with E-state index in [0.717, 1.165) is 38.1 Å². The number of benzene rings is 2. The first kappa shape index (κ1) is 18.0. The van der Waals surface area contributed by atoms with Gasteiger partial charge in [0.2, 0.25) is 0 Å². The Bertz CT molecular complexity index is 632. The molecule has 0 aliphatic carbocycles. The first-order chi connectivity index (χ1) is 12.0. The molecule has 2 aromatic rings. The van der Waals surface area contributed by atoms with Crippen molar-refractivity contribution in [1.29, 1.82) is 0 Å². The van der Waals surface area contributed by atoms with Crippen LogP contribution in [0.25, 0.3) is 0 Å². The van der Waals surface area contributed by atoms with Gasteiger partial charge < -0.3 is 4.74 Å². The minimum atomic E-state index is 0.312. The molecule has 2 heteroatoms. The second-order valence-corrected chi connectivity index (χ2v) is 8.45. The van der Waals surface area contributed by atoms with Gasteiger partial charge in [-0.15, -0.1) is 0 Å². The van der Waals surface area contributed by atoms with E-state index in [-0.39, 0.29) is 0 Å². The lowest BCUT2D eigenvalue weighted by atomic mass is 9.89. The van der Waals surface area contributed by atoms with Gasteiger partial charge in [0, 0.05) is 25.6 Å². The van der Waals surface area contributed by atoms with E-state index in [2.05, 4.69) is 68.1 Å². The predicted octanol–water partition coefficient (Wildman–Crippen LogP) is 5.19. The van der Waals surface area contributed by atoms with Gasteiger partial charge in [0.05, 0.1) is 0 Å². The Morgan fingerprint density at radius 1 is 0.960 bits per heavy atom. The van der Waals surface area contributed by atoms with E-state index in [1.54, 1.807) is 0 Å². The zero-order valence-corrected chi connectivity index (χ0v) is 15.8. The number of likely N-dealkylation sites (tertiary alicyclic amines) is 1. The fourth-order valence-electron chi connectivity index (χ4n) is 3.78. The molecule has 1 aliphatic rings. The van der Waals surface area contributed by atoms with Gasteiger partial charge in [-0.2, -0.15) is 0 Å². The van der Waals surface area contributed by atoms with Crippen molar-refractivity contribution in [3.63, 3.8) is 0 Å². The quantitative estimate of drug-likeness (QED) is 0.745. The standard InChI is InChI=1S/C23H31NO/c1-23(2,3)18-24-15-14-22(25-21-12-8-5-9-13-21)17-20(24)16-19-10-6-4-7-11-19/h4-13,20,22H,14-18H2,1-3H3. The molecule has 0 spiro atoms. The van der Waals surface area contributed by atoms with Gasteiger partial charge >= 0.3 is 0 Å². The molecule has 2 aromatic carbocycles. The molecule has 0 saturated carbocycles. The van der Waals surface area contributed by atoms with Gasteiger partial charge in [0.15, 0.2) is 0 Å². The summed E-state index contributed by atoms with van der Waals surface area (Å²) >= 11 is 0. The minimum absolute atomic E-state index is 0.312. The number of rotatable bonds is 5. The molecule has 3 rings (SSSR count). The molecule has 2 atom stereocenters. The highest BCUT2D eigenvalue weighted by molar-refractivity contribution is 5.21. The number of ether oxygens (including phenoxy) is 1. The van der Waals surface area contributed by atoms with Crippen molar-refractivity contribution in [2.24, 2.45) is 5.41 Å². The third-order valence-corrected chi connectivity index (χ3v) is 4.83. The van der Waals surface area contributed by atoms with Gasteiger partial charge in [-0.1, -0.05) is 69.3 Å². The number of hydrogen-bond donors (Lipinski definition) is 0. The molecule has 0 radical (unpaired) electrons. The van der Waals surface area contributed by atoms with Gasteiger partial charge in [-0.3, -0.25) is 4.90 Å². The molecular formula is C23H31NO. The SMILES string of the molecule is CC(C)(C)CN1CCC(Oc2ccccc2)CC1Cc1ccccc1. The summed E-state index contributed by atoms with van der Waals surface area (Å²) in [6, 6.07) is 21.7. The normalized spacial score (nSPS) is 21.9. The minimum Gasteiger partial charge on any atom is -0.490 e. The number of piperidine rings is 1. The van der Waals surface area contributed by atoms with Crippen LogP contribution in [0.5, 0.6) is 5.75 Å². The zero-order valence-electron chi connectivity index (χ0n) is 15.8. The third-order valence-electron chi connectivity index (χ3n) is 4.83. The van der Waals surface area contributed by atoms with Crippen LogP contribution in [0.15, 0.2) is 60.7 Å². The zero-order chi connectivity index (χ0) is 17.7. The largest absolute Gasteiger partial charge is 0.490 e. The molecule has 0 amide bonds. The van der Waals surface area contributed by atoms with Crippen molar-refractivity contribution in [3.8, 4) is 5.75 Å².